The van der Waals surface area contributed by atoms with Crippen LogP contribution in [0.25, 0.3) is 0 Å². The van der Waals surface area contributed by atoms with Gasteiger partial charge in [-0.2, -0.15) is 0 Å². The average molecular weight is 387 g/mol. The number of alkyl halides is 1. The number of hydrogen-bond acceptors (Lipinski definition) is 4. The lowest BCUT2D eigenvalue weighted by Crippen LogP contribution is -2.53. The molecule has 2 N–H and O–H groups in total. The first-order valence-corrected chi connectivity index (χ1v) is 8.73. The Labute approximate surface area is 157 Å². The maximum atomic E-state index is 12.5. The minimum absolute atomic E-state index is 0.0458. The molecule has 2 amide bonds. The van der Waals surface area contributed by atoms with Crippen LogP contribution in [0.3, 0.4) is 0 Å². The molecule has 0 aliphatic carbocycles. The van der Waals surface area contributed by atoms with E-state index < -0.39 is 36.5 Å². The fourth-order valence-electron chi connectivity index (χ4n) is 2.23. The highest BCUT2D eigenvalue weighted by molar-refractivity contribution is 6.31. The third-order valence-electron chi connectivity index (χ3n) is 3.78. The van der Waals surface area contributed by atoms with E-state index >= 15 is 0 Å². The van der Waals surface area contributed by atoms with Gasteiger partial charge in [0, 0.05) is 10.6 Å². The number of hydrogen-bond donors (Lipinski definition) is 2. The predicted molar refractivity (Wildman–Crippen MR) is 96.6 cm³/mol. The maximum Gasteiger partial charge on any atom is 0.408 e. The van der Waals surface area contributed by atoms with Gasteiger partial charge in [0.15, 0.2) is 5.78 Å². The average Bonchev–Trinajstić information content (AvgIpc) is 2.62. The van der Waals surface area contributed by atoms with Gasteiger partial charge in [-0.25, -0.2) is 9.18 Å². The van der Waals surface area contributed by atoms with Gasteiger partial charge in [-0.15, -0.1) is 0 Å². The molecule has 2 atom stereocenters. The molecule has 8 heteroatoms. The Morgan fingerprint density at radius 2 is 1.85 bits per heavy atom. The number of alkyl carbamates (subject to hydrolysis) is 1. The summed E-state index contributed by atoms with van der Waals surface area (Å²) in [6, 6.07) is 5.07. The number of carbonyl (C=O) groups is 3. The summed E-state index contributed by atoms with van der Waals surface area (Å²) >= 11 is 5.99. The molecule has 2 unspecified atom stereocenters. The Bertz CT molecular complexity index is 639. The van der Waals surface area contributed by atoms with Gasteiger partial charge in [-0.3, -0.25) is 9.59 Å². The molecule has 1 aromatic rings. The summed E-state index contributed by atoms with van der Waals surface area (Å²) in [6.45, 7) is 3.93. The highest BCUT2D eigenvalue weighted by Gasteiger charge is 2.28. The number of Topliss-reactive ketones (excluding diaryl/α,β-unsaturated/α-hetero) is 1. The molecule has 0 heterocycles. The molecule has 0 spiro atoms. The third kappa shape index (κ3) is 6.63. The first-order valence-electron chi connectivity index (χ1n) is 8.35. The molecule has 0 aliphatic rings. The third-order valence-corrected chi connectivity index (χ3v) is 4.15. The standard InChI is InChI=1S/C18H24ClFN2O4/c1-4-14(15(23)9-20)21-17(24)16(11(2)3)22-18(25)26-10-12-7-5-6-8-13(12)19/h5-8,11,14,16H,4,9-10H2,1-3H3,(H,21,24)(H,22,25). The monoisotopic (exact) mass is 386 g/mol. The molecular weight excluding hydrogens is 363 g/mol. The van der Waals surface area contributed by atoms with Gasteiger partial charge in [-0.05, 0) is 18.4 Å². The van der Waals surface area contributed by atoms with E-state index in [1.807, 2.05) is 0 Å². The number of carbonyl (C=O) groups excluding carboxylic acids is 3. The lowest BCUT2D eigenvalue weighted by Gasteiger charge is -2.24. The molecule has 6 nitrogen and oxygen atoms in total. The van der Waals surface area contributed by atoms with E-state index in [0.29, 0.717) is 10.6 Å². The van der Waals surface area contributed by atoms with Crippen molar-refractivity contribution in [3.63, 3.8) is 0 Å². The van der Waals surface area contributed by atoms with E-state index in [9.17, 15) is 18.8 Å². The van der Waals surface area contributed by atoms with Crippen molar-refractivity contribution >= 4 is 29.4 Å². The van der Waals surface area contributed by atoms with Gasteiger partial charge in [0.1, 0.15) is 19.3 Å². The van der Waals surface area contributed by atoms with Crippen molar-refractivity contribution in [2.75, 3.05) is 6.67 Å². The van der Waals surface area contributed by atoms with Crippen LogP contribution in [0.2, 0.25) is 5.02 Å². The van der Waals surface area contributed by atoms with Crippen LogP contribution < -0.4 is 10.6 Å². The van der Waals surface area contributed by atoms with Crippen molar-refractivity contribution in [2.24, 2.45) is 5.92 Å². The number of ketones is 1. The molecule has 0 aromatic heterocycles. The molecule has 0 radical (unpaired) electrons. The molecule has 0 saturated heterocycles. The minimum atomic E-state index is -1.15. The van der Waals surface area contributed by atoms with Crippen molar-refractivity contribution < 1.29 is 23.5 Å². The summed E-state index contributed by atoms with van der Waals surface area (Å²) in [5.41, 5.74) is 0.634. The van der Waals surface area contributed by atoms with Crippen molar-refractivity contribution in [3.8, 4) is 0 Å². The maximum absolute atomic E-state index is 12.5. The predicted octanol–water partition coefficient (Wildman–Crippen LogP) is 3.02. The van der Waals surface area contributed by atoms with E-state index in [2.05, 4.69) is 10.6 Å². The van der Waals surface area contributed by atoms with Gasteiger partial charge in [0.2, 0.25) is 5.91 Å². The Hall–Kier alpha value is -2.15. The quantitative estimate of drug-likeness (QED) is 0.683. The number of amides is 2. The number of benzene rings is 1. The van der Waals surface area contributed by atoms with Crippen LogP contribution >= 0.6 is 11.6 Å². The van der Waals surface area contributed by atoms with Crippen LogP contribution in [0, 0.1) is 5.92 Å². The van der Waals surface area contributed by atoms with Gasteiger partial charge in [0.05, 0.1) is 6.04 Å². The van der Waals surface area contributed by atoms with E-state index in [-0.39, 0.29) is 18.9 Å². The van der Waals surface area contributed by atoms with Gasteiger partial charge < -0.3 is 15.4 Å². The fraction of sp³-hybridized carbons (Fsp3) is 0.500. The zero-order valence-corrected chi connectivity index (χ0v) is 15.8. The number of halogens is 2. The van der Waals surface area contributed by atoms with E-state index in [1.165, 1.54) is 0 Å². The second-order valence-electron chi connectivity index (χ2n) is 6.10. The summed E-state index contributed by atoms with van der Waals surface area (Å²) in [5.74, 6) is -1.53. The first kappa shape index (κ1) is 21.9. The Balaban J connectivity index is 2.66. The highest BCUT2D eigenvalue weighted by atomic mass is 35.5. The summed E-state index contributed by atoms with van der Waals surface area (Å²) in [4.78, 5) is 35.8. The molecule has 1 aromatic carbocycles. The van der Waals surface area contributed by atoms with Gasteiger partial charge >= 0.3 is 6.09 Å². The Morgan fingerprint density at radius 1 is 1.19 bits per heavy atom. The molecule has 0 saturated carbocycles. The SMILES string of the molecule is CCC(NC(=O)C(NC(=O)OCc1ccccc1Cl)C(C)C)C(=O)CF. The molecule has 0 fully saturated rings. The van der Waals surface area contributed by atoms with Crippen LogP contribution in [-0.2, 0) is 20.9 Å². The number of ether oxygens (including phenoxy) is 1. The van der Waals surface area contributed by atoms with Crippen LogP contribution in [-0.4, -0.2) is 36.5 Å². The van der Waals surface area contributed by atoms with E-state index in [4.69, 9.17) is 16.3 Å². The second-order valence-corrected chi connectivity index (χ2v) is 6.51. The van der Waals surface area contributed by atoms with E-state index in [1.54, 1.807) is 45.0 Å². The Kier molecular flexibility index (Phi) is 9.05. The first-order chi connectivity index (χ1) is 12.3. The number of rotatable bonds is 9. The zero-order valence-electron chi connectivity index (χ0n) is 15.1. The number of nitrogens with one attached hydrogen (secondary N) is 2. The molecule has 26 heavy (non-hydrogen) atoms. The molecule has 144 valence electrons. The summed E-state index contributed by atoms with van der Waals surface area (Å²) in [6.07, 6.45) is -0.528. The van der Waals surface area contributed by atoms with Crippen molar-refractivity contribution in [1.29, 1.82) is 0 Å². The largest absolute Gasteiger partial charge is 0.445 e. The lowest BCUT2D eigenvalue weighted by molar-refractivity contribution is -0.130. The Morgan fingerprint density at radius 3 is 2.38 bits per heavy atom. The van der Waals surface area contributed by atoms with Crippen LogP contribution in [0.1, 0.15) is 32.8 Å². The smallest absolute Gasteiger partial charge is 0.408 e. The lowest BCUT2D eigenvalue weighted by atomic mass is 10.0. The summed E-state index contributed by atoms with van der Waals surface area (Å²) in [5, 5.41) is 5.40. The van der Waals surface area contributed by atoms with Crippen molar-refractivity contribution in [1.82, 2.24) is 10.6 Å². The van der Waals surface area contributed by atoms with Crippen LogP contribution in [0.5, 0.6) is 0 Å². The van der Waals surface area contributed by atoms with E-state index in [0.717, 1.165) is 0 Å². The molecule has 1 rings (SSSR count). The minimum Gasteiger partial charge on any atom is -0.445 e. The molecular formula is C18H24ClFN2O4. The fourth-order valence-corrected chi connectivity index (χ4v) is 2.42. The van der Waals surface area contributed by atoms with Crippen molar-refractivity contribution in [3.05, 3.63) is 34.9 Å². The second kappa shape index (κ2) is 10.8. The van der Waals surface area contributed by atoms with Crippen molar-refractivity contribution in [2.45, 2.75) is 45.9 Å². The van der Waals surface area contributed by atoms with Gasteiger partial charge in [-0.1, -0.05) is 50.6 Å². The highest BCUT2D eigenvalue weighted by Crippen LogP contribution is 2.15. The van der Waals surface area contributed by atoms with Crippen LogP contribution in [0.4, 0.5) is 9.18 Å². The summed E-state index contributed by atoms with van der Waals surface area (Å²) < 4.78 is 17.6. The topological polar surface area (TPSA) is 84.5 Å². The zero-order chi connectivity index (χ0) is 19.7. The summed E-state index contributed by atoms with van der Waals surface area (Å²) in [7, 11) is 0. The molecule has 0 bridgehead atoms. The van der Waals surface area contributed by atoms with Crippen LogP contribution in [0.15, 0.2) is 24.3 Å². The van der Waals surface area contributed by atoms with Gasteiger partial charge in [0.25, 0.3) is 0 Å². The molecule has 0 aliphatic heterocycles. The normalized spacial score (nSPS) is 13.0.